The molecular weight excluding hydrogens is 268 g/mol. The average Bonchev–Trinajstić information content (AvgIpc) is 2.26. The fourth-order valence-electron chi connectivity index (χ4n) is 1.60. The Balaban J connectivity index is 3.09. The zero-order chi connectivity index (χ0) is 14.6. The van der Waals surface area contributed by atoms with Crippen LogP contribution in [0.4, 0.5) is 0 Å². The summed E-state index contributed by atoms with van der Waals surface area (Å²) in [5.41, 5.74) is 8.11. The molecule has 0 aromatic heterocycles. The van der Waals surface area contributed by atoms with Crippen LogP contribution in [-0.4, -0.2) is 25.1 Å². The van der Waals surface area contributed by atoms with Gasteiger partial charge < -0.3 is 10.6 Å². The number of rotatable bonds is 5. The molecule has 0 aliphatic carbocycles. The molecule has 0 heterocycles. The molecule has 6 nitrogen and oxygen atoms in total. The fraction of sp³-hybridized carbons (Fsp3) is 0.417. The normalized spacial score (nSPS) is 11.6. The summed E-state index contributed by atoms with van der Waals surface area (Å²) in [6.45, 7) is 3.28. The number of hydrogen-bond donors (Lipinski definition) is 1. The summed E-state index contributed by atoms with van der Waals surface area (Å²) in [4.78, 5) is 15.7. The van der Waals surface area contributed by atoms with Crippen LogP contribution in [0.2, 0.25) is 0 Å². The standard InChI is InChI=1S/C12H18N2O4S/c1-9-4-5-11(7-13)12(6-9)8-14(18-10(2)15)19(3,16)17/h4-6H,7-8,13H2,1-3H3. The molecule has 0 fully saturated rings. The summed E-state index contributed by atoms with van der Waals surface area (Å²) in [7, 11) is -3.65. The van der Waals surface area contributed by atoms with E-state index in [0.717, 1.165) is 24.3 Å². The highest BCUT2D eigenvalue weighted by Gasteiger charge is 2.21. The van der Waals surface area contributed by atoms with Crippen molar-refractivity contribution in [1.82, 2.24) is 4.47 Å². The number of aryl methyl sites for hydroxylation is 1. The molecule has 1 aromatic carbocycles. The molecule has 0 unspecified atom stereocenters. The van der Waals surface area contributed by atoms with Crippen LogP contribution in [0.15, 0.2) is 18.2 Å². The second kappa shape index (κ2) is 6.14. The van der Waals surface area contributed by atoms with Crippen LogP contribution in [0, 0.1) is 6.92 Å². The Morgan fingerprint density at radius 2 is 2.00 bits per heavy atom. The number of benzene rings is 1. The summed E-state index contributed by atoms with van der Waals surface area (Å²) < 4.78 is 23.8. The molecule has 0 radical (unpaired) electrons. The lowest BCUT2D eigenvalue weighted by molar-refractivity contribution is -0.167. The molecule has 0 spiro atoms. The van der Waals surface area contributed by atoms with Crippen molar-refractivity contribution in [2.24, 2.45) is 5.73 Å². The molecule has 1 rings (SSSR count). The van der Waals surface area contributed by atoms with E-state index in [-0.39, 0.29) is 13.1 Å². The van der Waals surface area contributed by atoms with Crippen LogP contribution in [0.5, 0.6) is 0 Å². The van der Waals surface area contributed by atoms with Gasteiger partial charge in [-0.15, -0.1) is 0 Å². The highest BCUT2D eigenvalue weighted by atomic mass is 32.2. The van der Waals surface area contributed by atoms with E-state index in [0.29, 0.717) is 10.0 Å². The van der Waals surface area contributed by atoms with Gasteiger partial charge in [-0.3, -0.25) is 4.79 Å². The molecule has 19 heavy (non-hydrogen) atoms. The Hall–Kier alpha value is -1.44. The van der Waals surface area contributed by atoms with Gasteiger partial charge in [0.1, 0.15) is 0 Å². The largest absolute Gasteiger partial charge is 0.353 e. The van der Waals surface area contributed by atoms with E-state index in [1.54, 1.807) is 0 Å². The molecule has 0 saturated heterocycles. The van der Waals surface area contributed by atoms with Crippen LogP contribution >= 0.6 is 0 Å². The quantitative estimate of drug-likeness (QED) is 0.804. The monoisotopic (exact) mass is 286 g/mol. The fourth-order valence-corrected chi connectivity index (χ4v) is 2.21. The second-order valence-electron chi connectivity index (χ2n) is 4.28. The third kappa shape index (κ3) is 4.62. The number of carbonyl (C=O) groups is 1. The second-order valence-corrected chi connectivity index (χ2v) is 6.16. The third-order valence-electron chi connectivity index (χ3n) is 2.48. The topological polar surface area (TPSA) is 89.7 Å². The van der Waals surface area contributed by atoms with Crippen molar-refractivity contribution in [3.05, 3.63) is 34.9 Å². The summed E-state index contributed by atoms with van der Waals surface area (Å²) >= 11 is 0. The number of hydroxylamine groups is 1. The van der Waals surface area contributed by atoms with E-state index < -0.39 is 16.0 Å². The SMILES string of the molecule is CC(=O)ON(Cc1cc(C)ccc1CN)S(C)(=O)=O. The minimum Gasteiger partial charge on any atom is -0.353 e. The van der Waals surface area contributed by atoms with Gasteiger partial charge in [0.15, 0.2) is 0 Å². The molecule has 0 saturated carbocycles. The number of nitrogens with two attached hydrogens (primary N) is 1. The first kappa shape index (κ1) is 15.6. The summed E-state index contributed by atoms with van der Waals surface area (Å²) in [5, 5.41) is 0. The van der Waals surface area contributed by atoms with Crippen molar-refractivity contribution in [2.75, 3.05) is 6.26 Å². The molecule has 2 N–H and O–H groups in total. The number of carbonyl (C=O) groups excluding carboxylic acids is 1. The first-order chi connectivity index (χ1) is 8.74. The van der Waals surface area contributed by atoms with E-state index in [1.165, 1.54) is 0 Å². The average molecular weight is 286 g/mol. The van der Waals surface area contributed by atoms with Gasteiger partial charge in [0.05, 0.1) is 12.8 Å². The van der Waals surface area contributed by atoms with Crippen molar-refractivity contribution in [3.8, 4) is 0 Å². The predicted molar refractivity (Wildman–Crippen MR) is 71.2 cm³/mol. The van der Waals surface area contributed by atoms with Gasteiger partial charge in [-0.25, -0.2) is 8.42 Å². The Bertz CT molecular complexity index is 569. The maximum atomic E-state index is 11.6. The van der Waals surface area contributed by atoms with E-state index >= 15 is 0 Å². The maximum absolute atomic E-state index is 11.6. The zero-order valence-corrected chi connectivity index (χ0v) is 12.0. The molecule has 0 bridgehead atoms. The minimum atomic E-state index is -3.65. The van der Waals surface area contributed by atoms with Crippen LogP contribution < -0.4 is 5.73 Å². The molecule has 0 aliphatic rings. The predicted octanol–water partition coefficient (Wildman–Crippen LogP) is 0.693. The van der Waals surface area contributed by atoms with E-state index in [2.05, 4.69) is 0 Å². The van der Waals surface area contributed by atoms with Crippen molar-refractivity contribution >= 4 is 16.0 Å². The number of hydrogen-bond acceptors (Lipinski definition) is 5. The summed E-state index contributed by atoms with van der Waals surface area (Å²) in [5.74, 6) is -0.688. The van der Waals surface area contributed by atoms with Crippen molar-refractivity contribution in [3.63, 3.8) is 0 Å². The van der Waals surface area contributed by atoms with E-state index in [9.17, 15) is 13.2 Å². The lowest BCUT2D eigenvalue weighted by Gasteiger charge is -2.19. The van der Waals surface area contributed by atoms with E-state index in [4.69, 9.17) is 10.6 Å². The number of sulfonamides is 1. The van der Waals surface area contributed by atoms with Crippen LogP contribution in [-0.2, 0) is 32.7 Å². The summed E-state index contributed by atoms with van der Waals surface area (Å²) in [6, 6.07) is 5.55. The molecule has 106 valence electrons. The Morgan fingerprint density at radius 1 is 1.37 bits per heavy atom. The summed E-state index contributed by atoms with van der Waals surface area (Å²) in [6.07, 6.45) is 0.980. The Labute approximate surface area is 113 Å². The molecule has 1 aromatic rings. The Kier molecular flexibility index (Phi) is 5.04. The van der Waals surface area contributed by atoms with Gasteiger partial charge in [-0.2, -0.15) is 0 Å². The third-order valence-corrected chi connectivity index (χ3v) is 3.42. The maximum Gasteiger partial charge on any atom is 0.323 e. The first-order valence-electron chi connectivity index (χ1n) is 5.68. The van der Waals surface area contributed by atoms with Crippen molar-refractivity contribution in [1.29, 1.82) is 0 Å². The van der Waals surface area contributed by atoms with Crippen LogP contribution in [0.25, 0.3) is 0 Å². The van der Waals surface area contributed by atoms with E-state index in [1.807, 2.05) is 25.1 Å². The lowest BCUT2D eigenvalue weighted by Crippen LogP contribution is -2.32. The first-order valence-corrected chi connectivity index (χ1v) is 7.53. The molecule has 0 aliphatic heterocycles. The Morgan fingerprint density at radius 3 is 2.47 bits per heavy atom. The van der Waals surface area contributed by atoms with Crippen molar-refractivity contribution < 1.29 is 18.0 Å². The van der Waals surface area contributed by atoms with Gasteiger partial charge in [0.25, 0.3) is 0 Å². The molecule has 0 atom stereocenters. The van der Waals surface area contributed by atoms with Crippen LogP contribution in [0.3, 0.4) is 0 Å². The zero-order valence-electron chi connectivity index (χ0n) is 11.2. The molecule has 7 heteroatoms. The molecule has 0 amide bonds. The minimum absolute atomic E-state index is 0.0490. The van der Waals surface area contributed by atoms with Crippen LogP contribution in [0.1, 0.15) is 23.6 Å². The molecular formula is C12H18N2O4S. The van der Waals surface area contributed by atoms with Gasteiger partial charge >= 0.3 is 5.97 Å². The van der Waals surface area contributed by atoms with Gasteiger partial charge in [-0.1, -0.05) is 23.8 Å². The van der Waals surface area contributed by atoms with Gasteiger partial charge in [-0.05, 0) is 22.5 Å². The van der Waals surface area contributed by atoms with Crippen molar-refractivity contribution in [2.45, 2.75) is 26.9 Å². The highest BCUT2D eigenvalue weighted by molar-refractivity contribution is 7.88. The number of nitrogens with zero attached hydrogens (tertiary/aromatic N) is 1. The lowest BCUT2D eigenvalue weighted by atomic mass is 10.0. The highest BCUT2D eigenvalue weighted by Crippen LogP contribution is 2.16. The van der Waals surface area contributed by atoms with Gasteiger partial charge in [0, 0.05) is 13.5 Å². The smallest absolute Gasteiger partial charge is 0.323 e. The van der Waals surface area contributed by atoms with Gasteiger partial charge in [0.2, 0.25) is 10.0 Å².